The van der Waals surface area contributed by atoms with Crippen LogP contribution in [-0.2, 0) is 19.1 Å². The van der Waals surface area contributed by atoms with E-state index in [9.17, 15) is 14.4 Å². The number of benzene rings is 2. The van der Waals surface area contributed by atoms with Gasteiger partial charge in [0.05, 0.1) is 17.7 Å². The van der Waals surface area contributed by atoms with E-state index in [1.54, 1.807) is 13.1 Å². The van der Waals surface area contributed by atoms with Crippen LogP contribution in [0.2, 0.25) is 0 Å². The van der Waals surface area contributed by atoms with Gasteiger partial charge in [0.1, 0.15) is 11.3 Å². The van der Waals surface area contributed by atoms with Crippen LogP contribution in [0, 0.1) is 5.92 Å². The van der Waals surface area contributed by atoms with E-state index in [2.05, 4.69) is 4.98 Å². The first-order chi connectivity index (χ1) is 13.9. The number of esters is 1. The maximum absolute atomic E-state index is 13.0. The van der Waals surface area contributed by atoms with E-state index in [-0.39, 0.29) is 24.6 Å². The number of aromatic amines is 1. The molecule has 148 valence electrons. The SMILES string of the molecule is CCOC(=O)C1=c2[nH]c3cccc4cccc(c43)n2C=C(C(C)=O)C1CC(C)=O. The van der Waals surface area contributed by atoms with Crippen molar-refractivity contribution in [3.63, 3.8) is 0 Å². The molecule has 6 nitrogen and oxygen atoms in total. The van der Waals surface area contributed by atoms with Crippen molar-refractivity contribution in [1.29, 1.82) is 0 Å². The van der Waals surface area contributed by atoms with Crippen molar-refractivity contribution in [2.75, 3.05) is 6.61 Å². The van der Waals surface area contributed by atoms with Crippen LogP contribution in [0.1, 0.15) is 27.2 Å². The van der Waals surface area contributed by atoms with Crippen LogP contribution in [0.15, 0.2) is 42.0 Å². The van der Waals surface area contributed by atoms with E-state index < -0.39 is 11.9 Å². The molecule has 0 saturated heterocycles. The summed E-state index contributed by atoms with van der Waals surface area (Å²) >= 11 is 0. The van der Waals surface area contributed by atoms with E-state index in [0.717, 1.165) is 21.8 Å². The number of nitrogens with zero attached hydrogens (tertiary/aromatic N) is 1. The zero-order valence-corrected chi connectivity index (χ0v) is 16.6. The number of hydrogen-bond acceptors (Lipinski definition) is 4. The van der Waals surface area contributed by atoms with Gasteiger partial charge in [-0.25, -0.2) is 4.79 Å². The minimum Gasteiger partial charge on any atom is -0.463 e. The van der Waals surface area contributed by atoms with Gasteiger partial charge in [-0.15, -0.1) is 0 Å². The van der Waals surface area contributed by atoms with Gasteiger partial charge in [0, 0.05) is 35.0 Å². The quantitative estimate of drug-likeness (QED) is 0.679. The van der Waals surface area contributed by atoms with Crippen LogP contribution < -0.4 is 5.48 Å². The summed E-state index contributed by atoms with van der Waals surface area (Å²) in [6.07, 6.45) is 1.80. The average molecular weight is 390 g/mol. The van der Waals surface area contributed by atoms with Gasteiger partial charge in [-0.1, -0.05) is 24.3 Å². The number of rotatable bonds is 5. The molecule has 2 heterocycles. The van der Waals surface area contributed by atoms with Gasteiger partial charge in [-0.3, -0.25) is 9.59 Å². The third-order valence-corrected chi connectivity index (χ3v) is 5.28. The Morgan fingerprint density at radius 2 is 1.83 bits per heavy atom. The Hall–Kier alpha value is -3.41. The van der Waals surface area contributed by atoms with E-state index in [0.29, 0.717) is 16.6 Å². The molecule has 1 aromatic heterocycles. The zero-order valence-electron chi connectivity index (χ0n) is 16.6. The maximum Gasteiger partial charge on any atom is 0.338 e. The second-order valence-corrected chi connectivity index (χ2v) is 7.26. The highest BCUT2D eigenvalue weighted by atomic mass is 16.5. The Bertz CT molecular complexity index is 1270. The third kappa shape index (κ3) is 3.10. The molecule has 0 aliphatic carbocycles. The van der Waals surface area contributed by atoms with E-state index in [4.69, 9.17) is 4.74 Å². The van der Waals surface area contributed by atoms with Gasteiger partial charge in [0.2, 0.25) is 0 Å². The summed E-state index contributed by atoms with van der Waals surface area (Å²) in [4.78, 5) is 40.8. The summed E-state index contributed by atoms with van der Waals surface area (Å²) in [5.41, 5.74) is 3.00. The Labute approximate surface area is 167 Å². The number of carbonyl (C=O) groups excluding carboxylic acids is 3. The molecule has 1 aliphatic rings. The summed E-state index contributed by atoms with van der Waals surface area (Å²) in [5.74, 6) is -1.45. The first-order valence-electron chi connectivity index (χ1n) is 9.63. The van der Waals surface area contributed by atoms with Gasteiger partial charge >= 0.3 is 5.97 Å². The minimum absolute atomic E-state index is 0.0599. The number of aromatic nitrogens is 2. The number of carbonyl (C=O) groups is 3. The van der Waals surface area contributed by atoms with Crippen LogP contribution in [-0.4, -0.2) is 33.7 Å². The van der Waals surface area contributed by atoms with E-state index in [1.807, 2.05) is 41.0 Å². The molecule has 4 rings (SSSR count). The lowest BCUT2D eigenvalue weighted by Crippen LogP contribution is -2.37. The van der Waals surface area contributed by atoms with Gasteiger partial charge in [-0.05, 0) is 38.3 Å². The summed E-state index contributed by atoms with van der Waals surface area (Å²) in [7, 11) is 0. The highest BCUT2D eigenvalue weighted by molar-refractivity contribution is 6.16. The molecule has 0 saturated carbocycles. The molecule has 1 aliphatic heterocycles. The summed E-state index contributed by atoms with van der Waals surface area (Å²) < 4.78 is 7.15. The predicted octanol–water partition coefficient (Wildman–Crippen LogP) is 3.16. The van der Waals surface area contributed by atoms with Crippen molar-refractivity contribution in [2.24, 2.45) is 5.92 Å². The van der Waals surface area contributed by atoms with Crippen molar-refractivity contribution in [2.45, 2.75) is 27.2 Å². The van der Waals surface area contributed by atoms with Crippen LogP contribution in [0.5, 0.6) is 0 Å². The smallest absolute Gasteiger partial charge is 0.338 e. The van der Waals surface area contributed by atoms with Crippen molar-refractivity contribution in [3.8, 4) is 0 Å². The second-order valence-electron chi connectivity index (χ2n) is 7.26. The molecule has 0 bridgehead atoms. The Balaban J connectivity index is 2.18. The normalized spacial score (nSPS) is 15.9. The molecule has 29 heavy (non-hydrogen) atoms. The molecular formula is C23H22N2O4. The number of ether oxygens (including phenoxy) is 1. The highest BCUT2D eigenvalue weighted by Gasteiger charge is 2.34. The molecule has 3 aromatic rings. The molecule has 0 radical (unpaired) electrons. The van der Waals surface area contributed by atoms with Gasteiger partial charge < -0.3 is 14.3 Å². The van der Waals surface area contributed by atoms with Crippen LogP contribution in [0.4, 0.5) is 0 Å². The maximum atomic E-state index is 13.0. The molecule has 0 amide bonds. The number of hydrogen-bond donors (Lipinski definition) is 1. The topological polar surface area (TPSA) is 81.2 Å². The molecule has 2 aromatic carbocycles. The number of H-pyrrole nitrogens is 1. The van der Waals surface area contributed by atoms with Crippen molar-refractivity contribution < 1.29 is 19.1 Å². The standard InChI is InChI=1S/C23H22N2O4/c1-4-29-23(28)21-16(11-13(2)26)17(14(3)27)12-25-19-10-6-8-15-7-5-9-18(20(15)19)24-22(21)25/h5-10,12,16,24H,4,11H2,1-3H3. The Morgan fingerprint density at radius 1 is 1.10 bits per heavy atom. The van der Waals surface area contributed by atoms with Crippen molar-refractivity contribution in [1.82, 2.24) is 9.55 Å². The molecule has 0 spiro atoms. The number of allylic oxidation sites excluding steroid dienone is 1. The largest absolute Gasteiger partial charge is 0.463 e. The fraction of sp³-hybridized carbons (Fsp3) is 0.261. The van der Waals surface area contributed by atoms with E-state index >= 15 is 0 Å². The third-order valence-electron chi connectivity index (χ3n) is 5.28. The molecule has 1 atom stereocenters. The summed E-state index contributed by atoms with van der Waals surface area (Å²) in [5, 5.41) is 2.05. The molecule has 1 unspecified atom stereocenters. The zero-order chi connectivity index (χ0) is 20.7. The Kier molecular flexibility index (Phi) is 4.70. The second kappa shape index (κ2) is 7.20. The molecule has 1 N–H and O–H groups in total. The number of fused-ring (bicyclic) bond motifs is 2. The van der Waals surface area contributed by atoms with Gasteiger partial charge in [0.15, 0.2) is 5.78 Å². The predicted molar refractivity (Wildman–Crippen MR) is 112 cm³/mol. The average Bonchev–Trinajstić information content (AvgIpc) is 2.67. The lowest BCUT2D eigenvalue weighted by molar-refractivity contribution is -0.136. The summed E-state index contributed by atoms with van der Waals surface area (Å²) in [6.45, 7) is 4.85. The van der Waals surface area contributed by atoms with Gasteiger partial charge in [-0.2, -0.15) is 0 Å². The molecular weight excluding hydrogens is 368 g/mol. The fourth-order valence-electron chi connectivity index (χ4n) is 4.10. The number of nitrogens with one attached hydrogen (secondary N) is 1. The number of ketones is 2. The fourth-order valence-corrected chi connectivity index (χ4v) is 4.10. The monoisotopic (exact) mass is 390 g/mol. The van der Waals surface area contributed by atoms with Gasteiger partial charge in [0.25, 0.3) is 0 Å². The van der Waals surface area contributed by atoms with Crippen molar-refractivity contribution in [3.05, 3.63) is 47.5 Å². The van der Waals surface area contributed by atoms with Crippen molar-refractivity contribution >= 4 is 51.1 Å². The number of Topliss-reactive ketones (excluding diaryl/α,β-unsaturated/α-hetero) is 2. The van der Waals surface area contributed by atoms with Crippen LogP contribution in [0.25, 0.3) is 33.6 Å². The molecule has 6 heteroatoms. The lowest BCUT2D eigenvalue weighted by atomic mass is 9.84. The first-order valence-corrected chi connectivity index (χ1v) is 9.63. The molecule has 0 fully saturated rings. The Morgan fingerprint density at radius 3 is 2.48 bits per heavy atom. The van der Waals surface area contributed by atoms with Crippen LogP contribution in [0.3, 0.4) is 0 Å². The van der Waals surface area contributed by atoms with Crippen LogP contribution >= 0.6 is 0 Å². The van der Waals surface area contributed by atoms with E-state index in [1.165, 1.54) is 13.8 Å². The first kappa shape index (κ1) is 18.9. The lowest BCUT2D eigenvalue weighted by Gasteiger charge is -2.26. The highest BCUT2D eigenvalue weighted by Crippen LogP contribution is 2.32. The minimum atomic E-state index is -0.646. The summed E-state index contributed by atoms with van der Waals surface area (Å²) in [6, 6.07) is 11.8.